The van der Waals surface area contributed by atoms with Gasteiger partial charge in [0.2, 0.25) is 5.91 Å². The summed E-state index contributed by atoms with van der Waals surface area (Å²) in [6.07, 6.45) is 4.31. The van der Waals surface area contributed by atoms with Gasteiger partial charge >= 0.3 is 6.03 Å². The second-order valence-electron chi connectivity index (χ2n) is 7.80. The lowest BCUT2D eigenvalue weighted by molar-refractivity contribution is -0.120. The van der Waals surface area contributed by atoms with Crippen LogP contribution in [0.4, 0.5) is 10.5 Å². The molecule has 1 saturated carbocycles. The first-order chi connectivity index (χ1) is 14.1. The third-order valence-corrected chi connectivity index (χ3v) is 5.97. The number of aromatic nitrogens is 1. The first-order valence-corrected chi connectivity index (χ1v) is 10.1. The Bertz CT molecular complexity index is 994. The van der Waals surface area contributed by atoms with E-state index >= 15 is 0 Å². The number of hydrogen-bond donors (Lipinski definition) is 1. The largest absolute Gasteiger partial charge is 0.445 e. The molecule has 1 N–H and O–H groups in total. The summed E-state index contributed by atoms with van der Waals surface area (Å²) in [5.74, 6) is 1.67. The molecule has 3 aliphatic rings. The van der Waals surface area contributed by atoms with Gasteiger partial charge in [0.15, 0.2) is 5.89 Å². The predicted octanol–water partition coefficient (Wildman–Crippen LogP) is 2.59. The number of hydrogen-bond acceptors (Lipinski definition) is 5. The van der Waals surface area contributed by atoms with Gasteiger partial charge in [0.25, 0.3) is 5.91 Å². The van der Waals surface area contributed by atoms with Crippen molar-refractivity contribution >= 4 is 23.5 Å². The molecule has 3 heterocycles. The zero-order valence-electron chi connectivity index (χ0n) is 16.0. The second kappa shape index (κ2) is 7.02. The van der Waals surface area contributed by atoms with Gasteiger partial charge in [-0.1, -0.05) is 18.6 Å². The van der Waals surface area contributed by atoms with Crippen LogP contribution in [0.5, 0.6) is 0 Å². The van der Waals surface area contributed by atoms with Crippen LogP contribution >= 0.6 is 0 Å². The molecule has 1 aromatic heterocycles. The molecule has 0 spiro atoms. The van der Waals surface area contributed by atoms with Gasteiger partial charge in [-0.25, -0.2) is 9.78 Å². The Labute approximate surface area is 167 Å². The van der Waals surface area contributed by atoms with Crippen LogP contribution in [-0.2, 0) is 17.8 Å². The second-order valence-corrected chi connectivity index (χ2v) is 7.80. The fourth-order valence-corrected chi connectivity index (χ4v) is 4.08. The standard InChI is InChI=1S/C21H22N4O4/c26-18-9-11-25(21(28)23-18)16-7-2-1-6-14(16)20(27)24-10-8-17-15(12-24)22-19(29-17)13-4-3-5-13/h1-2,6-7,13H,3-5,8-12H2,(H,23,26,28). The van der Waals surface area contributed by atoms with E-state index in [1.54, 1.807) is 29.2 Å². The van der Waals surface area contributed by atoms with Crippen LogP contribution in [-0.4, -0.2) is 40.8 Å². The molecular formula is C21H22N4O4. The Hall–Kier alpha value is -3.16. The maximum atomic E-state index is 13.3. The number of carbonyl (C=O) groups is 3. The van der Waals surface area contributed by atoms with Gasteiger partial charge in [-0.3, -0.25) is 19.8 Å². The summed E-state index contributed by atoms with van der Waals surface area (Å²) in [5, 5.41) is 2.31. The van der Waals surface area contributed by atoms with E-state index in [1.165, 1.54) is 11.3 Å². The topological polar surface area (TPSA) is 95.8 Å². The summed E-state index contributed by atoms with van der Waals surface area (Å²) in [6.45, 7) is 1.21. The van der Waals surface area contributed by atoms with Gasteiger partial charge in [-0.05, 0) is 25.0 Å². The lowest BCUT2D eigenvalue weighted by Gasteiger charge is -2.30. The van der Waals surface area contributed by atoms with Crippen LogP contribution < -0.4 is 10.2 Å². The number of anilines is 1. The van der Waals surface area contributed by atoms with Crippen molar-refractivity contribution in [3.63, 3.8) is 0 Å². The summed E-state index contributed by atoms with van der Waals surface area (Å²) in [4.78, 5) is 44.9. The van der Waals surface area contributed by atoms with Gasteiger partial charge in [0, 0.05) is 31.8 Å². The van der Waals surface area contributed by atoms with E-state index in [0.717, 1.165) is 30.2 Å². The minimum absolute atomic E-state index is 0.149. The molecule has 0 radical (unpaired) electrons. The summed E-state index contributed by atoms with van der Waals surface area (Å²) < 4.78 is 5.94. The highest BCUT2D eigenvalue weighted by Crippen LogP contribution is 2.37. The lowest BCUT2D eigenvalue weighted by Crippen LogP contribution is -2.50. The zero-order chi connectivity index (χ0) is 20.0. The highest BCUT2D eigenvalue weighted by Gasteiger charge is 2.32. The molecule has 1 aromatic carbocycles. The van der Waals surface area contributed by atoms with Crippen molar-refractivity contribution in [1.29, 1.82) is 0 Å². The zero-order valence-corrected chi connectivity index (χ0v) is 16.0. The molecule has 150 valence electrons. The Morgan fingerprint density at radius 2 is 1.97 bits per heavy atom. The van der Waals surface area contributed by atoms with Gasteiger partial charge in [0.1, 0.15) is 11.5 Å². The maximum absolute atomic E-state index is 13.3. The molecule has 2 aliphatic heterocycles. The molecule has 29 heavy (non-hydrogen) atoms. The molecule has 2 aromatic rings. The molecule has 0 atom stereocenters. The van der Waals surface area contributed by atoms with E-state index in [4.69, 9.17) is 4.42 Å². The van der Waals surface area contributed by atoms with Crippen LogP contribution in [0.1, 0.15) is 59.3 Å². The number of imide groups is 1. The van der Waals surface area contributed by atoms with Crippen molar-refractivity contribution in [3.05, 3.63) is 47.2 Å². The fraction of sp³-hybridized carbons (Fsp3) is 0.429. The number of oxazole rings is 1. The SMILES string of the molecule is O=C1CCN(c2ccccc2C(=O)N2CCc3oc(C4CCC4)nc3C2)C(=O)N1. The van der Waals surface area contributed by atoms with Crippen LogP contribution in [0, 0.1) is 0 Å². The van der Waals surface area contributed by atoms with Crippen molar-refractivity contribution in [1.82, 2.24) is 15.2 Å². The normalized spacial score (nSPS) is 19.6. The van der Waals surface area contributed by atoms with E-state index in [1.807, 2.05) is 0 Å². The molecule has 1 saturated heterocycles. The third-order valence-electron chi connectivity index (χ3n) is 5.97. The molecule has 2 fully saturated rings. The first kappa shape index (κ1) is 17.9. The number of rotatable bonds is 3. The van der Waals surface area contributed by atoms with Crippen molar-refractivity contribution in [3.8, 4) is 0 Å². The van der Waals surface area contributed by atoms with Crippen LogP contribution in [0.15, 0.2) is 28.7 Å². The molecule has 0 unspecified atom stereocenters. The molecule has 4 amide bonds. The number of nitrogens with one attached hydrogen (secondary N) is 1. The van der Waals surface area contributed by atoms with E-state index in [9.17, 15) is 14.4 Å². The summed E-state index contributed by atoms with van der Waals surface area (Å²) >= 11 is 0. The smallest absolute Gasteiger partial charge is 0.328 e. The molecule has 5 rings (SSSR count). The number of benzene rings is 1. The molecular weight excluding hydrogens is 372 g/mol. The Morgan fingerprint density at radius 1 is 1.14 bits per heavy atom. The Kier molecular flexibility index (Phi) is 4.34. The lowest BCUT2D eigenvalue weighted by atomic mass is 9.85. The average molecular weight is 394 g/mol. The van der Waals surface area contributed by atoms with E-state index in [0.29, 0.717) is 36.7 Å². The number of amides is 4. The summed E-state index contributed by atoms with van der Waals surface area (Å²) in [5.41, 5.74) is 1.80. The fourth-order valence-electron chi connectivity index (χ4n) is 4.08. The number of fused-ring (bicyclic) bond motifs is 1. The Balaban J connectivity index is 1.38. The summed E-state index contributed by atoms with van der Waals surface area (Å²) in [7, 11) is 0. The number of nitrogens with zero attached hydrogens (tertiary/aromatic N) is 3. The van der Waals surface area contributed by atoms with E-state index in [-0.39, 0.29) is 24.8 Å². The number of carbonyl (C=O) groups excluding carboxylic acids is 3. The third kappa shape index (κ3) is 3.18. The van der Waals surface area contributed by atoms with Gasteiger partial charge in [0.05, 0.1) is 17.8 Å². The monoisotopic (exact) mass is 394 g/mol. The molecule has 1 aliphatic carbocycles. The van der Waals surface area contributed by atoms with Crippen molar-refractivity contribution < 1.29 is 18.8 Å². The summed E-state index contributed by atoms with van der Waals surface area (Å²) in [6, 6.07) is 6.53. The quantitative estimate of drug-likeness (QED) is 0.863. The highest BCUT2D eigenvalue weighted by molar-refractivity contribution is 6.09. The molecule has 8 nitrogen and oxygen atoms in total. The van der Waals surface area contributed by atoms with Crippen LogP contribution in [0.2, 0.25) is 0 Å². The van der Waals surface area contributed by atoms with Gasteiger partial charge in [-0.2, -0.15) is 0 Å². The molecule has 0 bridgehead atoms. The average Bonchev–Trinajstić information content (AvgIpc) is 3.08. The van der Waals surface area contributed by atoms with Gasteiger partial charge in [-0.15, -0.1) is 0 Å². The van der Waals surface area contributed by atoms with Crippen molar-refractivity contribution in [2.75, 3.05) is 18.0 Å². The maximum Gasteiger partial charge on any atom is 0.328 e. The minimum atomic E-state index is -0.496. The minimum Gasteiger partial charge on any atom is -0.445 e. The highest BCUT2D eigenvalue weighted by atomic mass is 16.4. The van der Waals surface area contributed by atoms with Gasteiger partial charge < -0.3 is 9.32 Å². The molecule has 8 heteroatoms. The number of para-hydroxylation sites is 1. The number of urea groups is 1. The van der Waals surface area contributed by atoms with Crippen molar-refractivity contribution in [2.45, 2.75) is 44.6 Å². The predicted molar refractivity (Wildman–Crippen MR) is 103 cm³/mol. The van der Waals surface area contributed by atoms with Crippen LogP contribution in [0.3, 0.4) is 0 Å². The van der Waals surface area contributed by atoms with E-state index < -0.39 is 6.03 Å². The van der Waals surface area contributed by atoms with Crippen LogP contribution in [0.25, 0.3) is 0 Å². The first-order valence-electron chi connectivity index (χ1n) is 10.1. The Morgan fingerprint density at radius 3 is 2.72 bits per heavy atom. The van der Waals surface area contributed by atoms with Crippen molar-refractivity contribution in [2.24, 2.45) is 0 Å². The van der Waals surface area contributed by atoms with E-state index in [2.05, 4.69) is 10.3 Å².